The first-order chi connectivity index (χ1) is 8.27. The molecule has 2 atom stereocenters. The normalized spacial score (nSPS) is 20.4. The van der Waals surface area contributed by atoms with Crippen LogP contribution in [-0.4, -0.2) is 32.1 Å². The predicted molar refractivity (Wildman–Crippen MR) is 68.0 cm³/mol. The number of benzene rings is 1. The Hall–Kier alpha value is -0.900. The fourth-order valence-electron chi connectivity index (χ4n) is 2.03. The standard InChI is InChI=1S/C14H21NO2/c1-11(13-6-4-3-5-7-13)12(2)15-10-14-16-8-9-17-14/h3-7,11-12,14-15H,8-10H2,1-2H3/t11-,12-/m1/s1. The van der Waals surface area contributed by atoms with Crippen LogP contribution in [0.25, 0.3) is 0 Å². The van der Waals surface area contributed by atoms with Gasteiger partial charge in [-0.1, -0.05) is 37.3 Å². The van der Waals surface area contributed by atoms with Gasteiger partial charge >= 0.3 is 0 Å². The highest BCUT2D eigenvalue weighted by Gasteiger charge is 2.19. The SMILES string of the molecule is C[C@@H](NCC1OCCO1)[C@@H](C)c1ccccc1. The van der Waals surface area contributed by atoms with Gasteiger partial charge in [0.05, 0.1) is 13.2 Å². The molecule has 0 spiro atoms. The van der Waals surface area contributed by atoms with Crippen LogP contribution >= 0.6 is 0 Å². The summed E-state index contributed by atoms with van der Waals surface area (Å²) in [4.78, 5) is 0. The van der Waals surface area contributed by atoms with Crippen molar-refractivity contribution in [3.63, 3.8) is 0 Å². The van der Waals surface area contributed by atoms with E-state index in [-0.39, 0.29) is 6.29 Å². The van der Waals surface area contributed by atoms with E-state index >= 15 is 0 Å². The van der Waals surface area contributed by atoms with Crippen molar-refractivity contribution in [2.75, 3.05) is 19.8 Å². The van der Waals surface area contributed by atoms with E-state index in [1.165, 1.54) is 5.56 Å². The number of nitrogens with one attached hydrogen (secondary N) is 1. The van der Waals surface area contributed by atoms with Crippen LogP contribution in [0.4, 0.5) is 0 Å². The van der Waals surface area contributed by atoms with Gasteiger partial charge in [-0.25, -0.2) is 0 Å². The Labute approximate surface area is 103 Å². The largest absolute Gasteiger partial charge is 0.349 e. The molecule has 1 saturated heterocycles. The molecule has 1 aromatic carbocycles. The number of hydrogen-bond acceptors (Lipinski definition) is 3. The summed E-state index contributed by atoms with van der Waals surface area (Å²) in [7, 11) is 0. The fraction of sp³-hybridized carbons (Fsp3) is 0.571. The summed E-state index contributed by atoms with van der Waals surface area (Å²) in [6.45, 7) is 6.64. The first-order valence-corrected chi connectivity index (χ1v) is 6.29. The molecule has 94 valence electrons. The Morgan fingerprint density at radius 2 is 1.82 bits per heavy atom. The van der Waals surface area contributed by atoms with Gasteiger partial charge in [0.2, 0.25) is 0 Å². The second-order valence-electron chi connectivity index (χ2n) is 4.57. The van der Waals surface area contributed by atoms with E-state index in [1.807, 2.05) is 0 Å². The van der Waals surface area contributed by atoms with Crippen molar-refractivity contribution in [2.24, 2.45) is 0 Å². The topological polar surface area (TPSA) is 30.5 Å². The maximum atomic E-state index is 5.40. The minimum atomic E-state index is -0.0691. The molecular formula is C14H21NO2. The average molecular weight is 235 g/mol. The zero-order chi connectivity index (χ0) is 12.1. The molecule has 1 aromatic rings. The van der Waals surface area contributed by atoms with Gasteiger partial charge in [-0.2, -0.15) is 0 Å². The van der Waals surface area contributed by atoms with Gasteiger partial charge in [-0.15, -0.1) is 0 Å². The summed E-state index contributed by atoms with van der Waals surface area (Å²) in [6, 6.07) is 11.0. The summed E-state index contributed by atoms with van der Waals surface area (Å²) in [5.41, 5.74) is 1.36. The van der Waals surface area contributed by atoms with Crippen molar-refractivity contribution in [3.05, 3.63) is 35.9 Å². The van der Waals surface area contributed by atoms with Crippen molar-refractivity contribution < 1.29 is 9.47 Å². The lowest BCUT2D eigenvalue weighted by atomic mass is 9.94. The Bertz CT molecular complexity index is 322. The molecule has 0 aromatic heterocycles. The number of rotatable bonds is 5. The van der Waals surface area contributed by atoms with Gasteiger partial charge in [-0.3, -0.25) is 0 Å². The second-order valence-corrected chi connectivity index (χ2v) is 4.57. The van der Waals surface area contributed by atoms with E-state index in [9.17, 15) is 0 Å². The number of hydrogen-bond donors (Lipinski definition) is 1. The third kappa shape index (κ3) is 3.53. The molecule has 0 amide bonds. The maximum absolute atomic E-state index is 5.40. The minimum absolute atomic E-state index is 0.0691. The van der Waals surface area contributed by atoms with Crippen molar-refractivity contribution in [1.29, 1.82) is 0 Å². The van der Waals surface area contributed by atoms with Crippen molar-refractivity contribution in [2.45, 2.75) is 32.1 Å². The van der Waals surface area contributed by atoms with Gasteiger partial charge in [-0.05, 0) is 18.4 Å². The van der Waals surface area contributed by atoms with Crippen LogP contribution in [0.3, 0.4) is 0 Å². The van der Waals surface area contributed by atoms with E-state index in [1.54, 1.807) is 0 Å². The molecule has 0 unspecified atom stereocenters. The molecule has 1 fully saturated rings. The van der Waals surface area contributed by atoms with Crippen LogP contribution in [0.5, 0.6) is 0 Å². The molecule has 1 heterocycles. The molecule has 1 N–H and O–H groups in total. The summed E-state index contributed by atoms with van der Waals surface area (Å²) in [5, 5.41) is 3.47. The molecule has 3 heteroatoms. The lowest BCUT2D eigenvalue weighted by molar-refractivity contribution is -0.0406. The van der Waals surface area contributed by atoms with E-state index in [0.29, 0.717) is 12.0 Å². The van der Waals surface area contributed by atoms with E-state index in [4.69, 9.17) is 9.47 Å². The third-order valence-corrected chi connectivity index (χ3v) is 3.37. The third-order valence-electron chi connectivity index (χ3n) is 3.37. The summed E-state index contributed by atoms with van der Waals surface area (Å²) in [6.07, 6.45) is -0.0691. The Balaban J connectivity index is 1.80. The highest BCUT2D eigenvalue weighted by Crippen LogP contribution is 2.18. The van der Waals surface area contributed by atoms with Gasteiger partial charge in [0.1, 0.15) is 0 Å². The first-order valence-electron chi connectivity index (χ1n) is 6.29. The average Bonchev–Trinajstić information content (AvgIpc) is 2.89. The molecule has 1 aliphatic heterocycles. The van der Waals surface area contributed by atoms with E-state index < -0.39 is 0 Å². The van der Waals surface area contributed by atoms with Gasteiger partial charge < -0.3 is 14.8 Å². The van der Waals surface area contributed by atoms with Gasteiger partial charge in [0.15, 0.2) is 6.29 Å². The monoisotopic (exact) mass is 235 g/mol. The van der Waals surface area contributed by atoms with Gasteiger partial charge in [0.25, 0.3) is 0 Å². The van der Waals surface area contributed by atoms with Crippen LogP contribution in [0.1, 0.15) is 25.3 Å². The smallest absolute Gasteiger partial charge is 0.170 e. The predicted octanol–water partition coefficient (Wildman–Crippen LogP) is 2.14. The molecule has 0 bridgehead atoms. The first kappa shape index (κ1) is 12.6. The van der Waals surface area contributed by atoms with Crippen LogP contribution in [-0.2, 0) is 9.47 Å². The number of ether oxygens (including phenoxy) is 2. The Kier molecular flexibility index (Phi) is 4.54. The lowest BCUT2D eigenvalue weighted by Crippen LogP contribution is -2.37. The van der Waals surface area contributed by atoms with Crippen LogP contribution in [0.2, 0.25) is 0 Å². The second kappa shape index (κ2) is 6.15. The lowest BCUT2D eigenvalue weighted by Gasteiger charge is -2.23. The van der Waals surface area contributed by atoms with E-state index in [0.717, 1.165) is 19.8 Å². The zero-order valence-electron chi connectivity index (χ0n) is 10.6. The zero-order valence-corrected chi connectivity index (χ0v) is 10.6. The highest BCUT2D eigenvalue weighted by atomic mass is 16.7. The highest BCUT2D eigenvalue weighted by molar-refractivity contribution is 5.20. The quantitative estimate of drug-likeness (QED) is 0.848. The molecule has 3 nitrogen and oxygen atoms in total. The van der Waals surface area contributed by atoms with Crippen LogP contribution in [0, 0.1) is 0 Å². The molecular weight excluding hydrogens is 214 g/mol. The van der Waals surface area contributed by atoms with Gasteiger partial charge in [0, 0.05) is 12.6 Å². The summed E-state index contributed by atoms with van der Waals surface area (Å²) >= 11 is 0. The molecule has 0 radical (unpaired) electrons. The summed E-state index contributed by atoms with van der Waals surface area (Å²) in [5.74, 6) is 0.484. The van der Waals surface area contributed by atoms with Crippen molar-refractivity contribution in [1.82, 2.24) is 5.32 Å². The molecule has 0 aliphatic carbocycles. The van der Waals surface area contributed by atoms with Crippen molar-refractivity contribution in [3.8, 4) is 0 Å². The van der Waals surface area contributed by atoms with Crippen molar-refractivity contribution >= 4 is 0 Å². The Morgan fingerprint density at radius 3 is 2.47 bits per heavy atom. The minimum Gasteiger partial charge on any atom is -0.349 e. The summed E-state index contributed by atoms with van der Waals surface area (Å²) < 4.78 is 10.8. The molecule has 2 rings (SSSR count). The van der Waals surface area contributed by atoms with E-state index in [2.05, 4.69) is 49.5 Å². The van der Waals surface area contributed by atoms with Crippen LogP contribution in [0.15, 0.2) is 30.3 Å². The maximum Gasteiger partial charge on any atom is 0.170 e. The molecule has 1 aliphatic rings. The van der Waals surface area contributed by atoms with Crippen LogP contribution < -0.4 is 5.32 Å². The molecule has 0 saturated carbocycles. The Morgan fingerprint density at radius 1 is 1.18 bits per heavy atom. The molecule has 17 heavy (non-hydrogen) atoms. The fourth-order valence-corrected chi connectivity index (χ4v) is 2.03.